The number of rotatable bonds is 3. The van der Waals surface area contributed by atoms with Crippen LogP contribution in [0.2, 0.25) is 5.02 Å². The minimum atomic E-state index is 0.785. The van der Waals surface area contributed by atoms with Crippen molar-refractivity contribution in [1.82, 2.24) is 24.6 Å². The molecule has 3 aromatic rings. The predicted molar refractivity (Wildman–Crippen MR) is 100.0 cm³/mol. The lowest BCUT2D eigenvalue weighted by Crippen LogP contribution is -2.46. The molecule has 0 atom stereocenters. The quantitative estimate of drug-likeness (QED) is 0.722. The maximum Gasteiger partial charge on any atom is 0.163 e. The second-order valence-corrected chi connectivity index (χ2v) is 6.93. The summed E-state index contributed by atoms with van der Waals surface area (Å²) in [7, 11) is 1.92. The Labute approximate surface area is 152 Å². The molecule has 4 rings (SSSR count). The molecule has 1 fully saturated rings. The highest BCUT2D eigenvalue weighted by Crippen LogP contribution is 2.24. The zero-order valence-electron chi connectivity index (χ0n) is 14.5. The predicted octanol–water partition coefficient (Wildman–Crippen LogP) is 2.65. The van der Waals surface area contributed by atoms with Crippen LogP contribution in [0.3, 0.4) is 0 Å². The van der Waals surface area contributed by atoms with Gasteiger partial charge < -0.3 is 4.90 Å². The smallest absolute Gasteiger partial charge is 0.163 e. The monoisotopic (exact) mass is 356 g/mol. The number of aromatic nitrogens is 4. The van der Waals surface area contributed by atoms with Crippen LogP contribution in [0.4, 0.5) is 5.82 Å². The van der Waals surface area contributed by atoms with Gasteiger partial charge in [-0.1, -0.05) is 23.7 Å². The first kappa shape index (κ1) is 16.3. The molecule has 130 valence electrons. The third kappa shape index (κ3) is 3.32. The van der Waals surface area contributed by atoms with Crippen molar-refractivity contribution in [2.45, 2.75) is 13.5 Å². The van der Waals surface area contributed by atoms with E-state index in [4.69, 9.17) is 11.6 Å². The summed E-state index contributed by atoms with van der Waals surface area (Å²) in [5.74, 6) is 1.79. The van der Waals surface area contributed by atoms with E-state index in [1.54, 1.807) is 0 Å². The summed E-state index contributed by atoms with van der Waals surface area (Å²) in [4.78, 5) is 14.0. The molecule has 0 unspecified atom stereocenters. The Morgan fingerprint density at radius 1 is 1.04 bits per heavy atom. The van der Waals surface area contributed by atoms with Crippen molar-refractivity contribution in [1.29, 1.82) is 0 Å². The van der Waals surface area contributed by atoms with Crippen LogP contribution < -0.4 is 4.90 Å². The van der Waals surface area contributed by atoms with Crippen molar-refractivity contribution in [3.63, 3.8) is 0 Å². The molecule has 1 aliphatic heterocycles. The molecule has 6 nitrogen and oxygen atoms in total. The minimum Gasteiger partial charge on any atom is -0.353 e. The van der Waals surface area contributed by atoms with Gasteiger partial charge in [-0.3, -0.25) is 9.58 Å². The normalized spacial score (nSPS) is 15.9. The van der Waals surface area contributed by atoms with Gasteiger partial charge in [-0.15, -0.1) is 0 Å². The Bertz CT molecular complexity index is 880. The topological polar surface area (TPSA) is 50.1 Å². The molecule has 1 aromatic carbocycles. The van der Waals surface area contributed by atoms with E-state index in [1.165, 1.54) is 5.56 Å². The van der Waals surface area contributed by atoms with Crippen molar-refractivity contribution < 1.29 is 0 Å². The number of nitrogens with zero attached hydrogens (tertiary/aromatic N) is 6. The van der Waals surface area contributed by atoms with Gasteiger partial charge in [0.25, 0.3) is 0 Å². The van der Waals surface area contributed by atoms with Crippen LogP contribution in [-0.2, 0) is 13.6 Å². The summed E-state index contributed by atoms with van der Waals surface area (Å²) < 4.78 is 1.81. The molecule has 7 heteroatoms. The number of fused-ring (bicyclic) bond motifs is 1. The molecule has 1 aliphatic rings. The lowest BCUT2D eigenvalue weighted by atomic mass is 10.2. The average Bonchev–Trinajstić information content (AvgIpc) is 2.98. The number of piperazine rings is 1. The molecule has 3 heterocycles. The molecule has 0 saturated carbocycles. The van der Waals surface area contributed by atoms with Crippen LogP contribution in [0.5, 0.6) is 0 Å². The van der Waals surface area contributed by atoms with Gasteiger partial charge >= 0.3 is 0 Å². The molecular weight excluding hydrogens is 336 g/mol. The third-order valence-corrected chi connectivity index (χ3v) is 4.93. The lowest BCUT2D eigenvalue weighted by molar-refractivity contribution is 0.249. The van der Waals surface area contributed by atoms with Crippen molar-refractivity contribution in [3.05, 3.63) is 46.9 Å². The Balaban J connectivity index is 1.48. The highest BCUT2D eigenvalue weighted by Gasteiger charge is 2.21. The fourth-order valence-electron chi connectivity index (χ4n) is 3.32. The third-order valence-electron chi connectivity index (χ3n) is 4.68. The first-order chi connectivity index (χ1) is 12.1. The second kappa shape index (κ2) is 6.61. The fourth-order valence-corrected chi connectivity index (χ4v) is 3.45. The Morgan fingerprint density at radius 3 is 2.48 bits per heavy atom. The van der Waals surface area contributed by atoms with Gasteiger partial charge in [-0.25, -0.2) is 9.97 Å². The molecule has 0 bridgehead atoms. The summed E-state index contributed by atoms with van der Waals surface area (Å²) in [6, 6.07) is 8.11. The van der Waals surface area contributed by atoms with Crippen LogP contribution in [0.15, 0.2) is 30.5 Å². The van der Waals surface area contributed by atoms with Crippen LogP contribution in [0.1, 0.15) is 11.4 Å². The Hall–Kier alpha value is -2.18. The van der Waals surface area contributed by atoms with E-state index in [1.807, 2.05) is 37.0 Å². The van der Waals surface area contributed by atoms with E-state index in [0.29, 0.717) is 0 Å². The van der Waals surface area contributed by atoms with Crippen LogP contribution in [-0.4, -0.2) is 50.8 Å². The summed E-state index contributed by atoms with van der Waals surface area (Å²) in [5, 5.41) is 6.15. The van der Waals surface area contributed by atoms with Gasteiger partial charge in [0.1, 0.15) is 11.6 Å². The number of benzene rings is 1. The maximum atomic E-state index is 5.96. The van der Waals surface area contributed by atoms with Gasteiger partial charge in [-0.05, 0) is 24.6 Å². The van der Waals surface area contributed by atoms with E-state index in [9.17, 15) is 0 Å². The Morgan fingerprint density at radius 2 is 1.76 bits per heavy atom. The summed E-state index contributed by atoms with van der Waals surface area (Å²) in [6.07, 6.45) is 1.87. The molecule has 0 radical (unpaired) electrons. The second-order valence-electron chi connectivity index (χ2n) is 6.49. The zero-order valence-corrected chi connectivity index (χ0v) is 15.2. The first-order valence-corrected chi connectivity index (χ1v) is 8.86. The molecule has 0 aliphatic carbocycles. The van der Waals surface area contributed by atoms with Crippen molar-refractivity contribution in [2.24, 2.45) is 7.05 Å². The van der Waals surface area contributed by atoms with E-state index in [0.717, 1.165) is 60.4 Å². The molecule has 0 spiro atoms. The number of hydrogen-bond donors (Lipinski definition) is 0. The summed E-state index contributed by atoms with van der Waals surface area (Å²) in [6.45, 7) is 6.81. The number of hydrogen-bond acceptors (Lipinski definition) is 5. The van der Waals surface area contributed by atoms with Crippen molar-refractivity contribution >= 4 is 28.5 Å². The molecular formula is C18H21ClN6. The van der Waals surface area contributed by atoms with Gasteiger partial charge in [0.15, 0.2) is 5.65 Å². The first-order valence-electron chi connectivity index (χ1n) is 8.48. The molecule has 1 saturated heterocycles. The van der Waals surface area contributed by atoms with Crippen LogP contribution in [0.25, 0.3) is 11.0 Å². The molecule has 0 N–H and O–H groups in total. The van der Waals surface area contributed by atoms with E-state index >= 15 is 0 Å². The standard InChI is InChI=1S/C18H21ClN6/c1-13-21-17-16(11-20-23(17)2)18(22-13)25-9-7-24(8-10-25)12-14-3-5-15(19)6-4-14/h3-6,11H,7-10,12H2,1-2H3. The average molecular weight is 357 g/mol. The summed E-state index contributed by atoms with van der Waals surface area (Å²) >= 11 is 5.96. The lowest BCUT2D eigenvalue weighted by Gasteiger charge is -2.35. The van der Waals surface area contributed by atoms with Crippen molar-refractivity contribution in [3.8, 4) is 0 Å². The number of halogens is 1. The minimum absolute atomic E-state index is 0.785. The van der Waals surface area contributed by atoms with E-state index in [-0.39, 0.29) is 0 Å². The van der Waals surface area contributed by atoms with Gasteiger partial charge in [-0.2, -0.15) is 5.10 Å². The van der Waals surface area contributed by atoms with E-state index in [2.05, 4.69) is 37.0 Å². The molecule has 0 amide bonds. The highest BCUT2D eigenvalue weighted by atomic mass is 35.5. The van der Waals surface area contributed by atoms with Crippen molar-refractivity contribution in [2.75, 3.05) is 31.1 Å². The van der Waals surface area contributed by atoms with Gasteiger partial charge in [0.05, 0.1) is 11.6 Å². The highest BCUT2D eigenvalue weighted by molar-refractivity contribution is 6.30. The van der Waals surface area contributed by atoms with Gasteiger partial charge in [0, 0.05) is 44.8 Å². The molecule has 25 heavy (non-hydrogen) atoms. The Kier molecular flexibility index (Phi) is 4.31. The maximum absolute atomic E-state index is 5.96. The van der Waals surface area contributed by atoms with Gasteiger partial charge in [0.2, 0.25) is 0 Å². The van der Waals surface area contributed by atoms with E-state index < -0.39 is 0 Å². The largest absolute Gasteiger partial charge is 0.353 e. The SMILES string of the molecule is Cc1nc(N2CCN(Cc3ccc(Cl)cc3)CC2)c2cnn(C)c2n1. The summed E-state index contributed by atoms with van der Waals surface area (Å²) in [5.41, 5.74) is 2.19. The zero-order chi connectivity index (χ0) is 17.4. The number of anilines is 1. The van der Waals surface area contributed by atoms with Crippen LogP contribution in [0, 0.1) is 6.92 Å². The van der Waals surface area contributed by atoms with Crippen LogP contribution >= 0.6 is 11.6 Å². The fraction of sp³-hybridized carbons (Fsp3) is 0.389. The molecule has 2 aromatic heterocycles. The number of aryl methyl sites for hydroxylation is 2.